The van der Waals surface area contributed by atoms with Crippen LogP contribution in [0.3, 0.4) is 0 Å². The summed E-state index contributed by atoms with van der Waals surface area (Å²) in [4.78, 5) is 16.1. The maximum absolute atomic E-state index is 4.91. The van der Waals surface area contributed by atoms with E-state index >= 15 is 0 Å². The van der Waals surface area contributed by atoms with Crippen LogP contribution in [0.1, 0.15) is 25.7 Å². The van der Waals surface area contributed by atoms with E-state index in [9.17, 15) is 0 Å². The molecular formula is C18H26Cl2N6. The van der Waals surface area contributed by atoms with Crippen LogP contribution in [0.2, 0.25) is 0 Å². The van der Waals surface area contributed by atoms with Crippen LogP contribution in [0.25, 0.3) is 11.3 Å². The van der Waals surface area contributed by atoms with Gasteiger partial charge in [0.25, 0.3) is 0 Å². The first kappa shape index (κ1) is 20.7. The maximum Gasteiger partial charge on any atom is 0.171 e. The molecule has 2 fully saturated rings. The van der Waals surface area contributed by atoms with Gasteiger partial charge in [-0.25, -0.2) is 9.97 Å². The monoisotopic (exact) mass is 396 g/mol. The second-order valence-electron chi connectivity index (χ2n) is 6.55. The topological polar surface area (TPSA) is 66.0 Å². The Morgan fingerprint density at radius 1 is 1.08 bits per heavy atom. The highest BCUT2D eigenvalue weighted by molar-refractivity contribution is 5.85. The van der Waals surface area contributed by atoms with E-state index in [0.717, 1.165) is 49.1 Å². The molecule has 6 nitrogen and oxygen atoms in total. The summed E-state index contributed by atoms with van der Waals surface area (Å²) < 4.78 is 0. The van der Waals surface area contributed by atoms with Gasteiger partial charge in [0.2, 0.25) is 0 Å². The van der Waals surface area contributed by atoms with Crippen molar-refractivity contribution in [2.45, 2.75) is 31.7 Å². The smallest absolute Gasteiger partial charge is 0.171 e. The first-order valence-electron chi connectivity index (χ1n) is 8.90. The Kier molecular flexibility index (Phi) is 7.87. The molecule has 2 aliphatic rings. The maximum atomic E-state index is 4.91. The minimum Gasteiger partial charge on any atom is -0.363 e. The number of halogens is 2. The van der Waals surface area contributed by atoms with Gasteiger partial charge in [-0.3, -0.25) is 4.98 Å². The largest absolute Gasteiger partial charge is 0.363 e. The standard InChI is InChI=1S/C18H24N6.2ClH/c1-2-11-24(10-1)18-17(22-15-4-3-7-20-12-15)23-16(13-21-18)14-5-8-19-9-6-14;;/h5-6,8-9,13,15,20H,1-4,7,10-12H2,(H,22,23);2*1H. The summed E-state index contributed by atoms with van der Waals surface area (Å²) in [5.74, 6) is 1.91. The van der Waals surface area contributed by atoms with Crippen LogP contribution in [-0.4, -0.2) is 47.2 Å². The van der Waals surface area contributed by atoms with E-state index in [1.165, 1.54) is 25.7 Å². The Labute approximate surface area is 167 Å². The number of aromatic nitrogens is 3. The molecule has 0 radical (unpaired) electrons. The molecular weight excluding hydrogens is 371 g/mol. The predicted octanol–water partition coefficient (Wildman–Crippen LogP) is 3.15. The lowest BCUT2D eigenvalue weighted by Gasteiger charge is -2.27. The summed E-state index contributed by atoms with van der Waals surface area (Å²) in [6.45, 7) is 4.24. The first-order valence-corrected chi connectivity index (χ1v) is 8.90. The van der Waals surface area contributed by atoms with Crippen LogP contribution in [0.15, 0.2) is 30.7 Å². The van der Waals surface area contributed by atoms with E-state index in [1.807, 2.05) is 18.3 Å². The molecule has 2 saturated heterocycles. The Morgan fingerprint density at radius 3 is 2.54 bits per heavy atom. The molecule has 2 N–H and O–H groups in total. The van der Waals surface area contributed by atoms with E-state index in [-0.39, 0.29) is 24.8 Å². The second-order valence-corrected chi connectivity index (χ2v) is 6.55. The fourth-order valence-electron chi connectivity index (χ4n) is 3.47. The fraction of sp³-hybridized carbons (Fsp3) is 0.500. The van der Waals surface area contributed by atoms with Gasteiger partial charge in [-0.05, 0) is 44.4 Å². The van der Waals surface area contributed by atoms with E-state index in [0.29, 0.717) is 6.04 Å². The Morgan fingerprint density at radius 2 is 1.85 bits per heavy atom. The van der Waals surface area contributed by atoms with Crippen molar-refractivity contribution in [2.75, 3.05) is 36.4 Å². The number of nitrogens with zero attached hydrogens (tertiary/aromatic N) is 4. The lowest BCUT2D eigenvalue weighted by molar-refractivity contribution is 0.479. The minimum absolute atomic E-state index is 0. The van der Waals surface area contributed by atoms with E-state index in [2.05, 4.69) is 20.5 Å². The molecule has 0 aliphatic carbocycles. The Bertz CT molecular complexity index is 673. The highest BCUT2D eigenvalue weighted by Gasteiger charge is 2.22. The van der Waals surface area contributed by atoms with Crippen LogP contribution in [-0.2, 0) is 0 Å². The van der Waals surface area contributed by atoms with Gasteiger partial charge in [-0.15, -0.1) is 24.8 Å². The van der Waals surface area contributed by atoms with Gasteiger partial charge >= 0.3 is 0 Å². The van der Waals surface area contributed by atoms with E-state index < -0.39 is 0 Å². The van der Waals surface area contributed by atoms with Crippen molar-refractivity contribution in [3.05, 3.63) is 30.7 Å². The summed E-state index contributed by atoms with van der Waals surface area (Å²) in [6, 6.07) is 4.37. The molecule has 1 atom stereocenters. The zero-order chi connectivity index (χ0) is 16.2. The predicted molar refractivity (Wildman–Crippen MR) is 111 cm³/mol. The molecule has 0 bridgehead atoms. The van der Waals surface area contributed by atoms with Gasteiger partial charge in [-0.2, -0.15) is 0 Å². The molecule has 8 heteroatoms. The van der Waals surface area contributed by atoms with Crippen molar-refractivity contribution >= 4 is 36.4 Å². The molecule has 0 saturated carbocycles. The molecule has 2 aliphatic heterocycles. The second kappa shape index (κ2) is 9.90. The van der Waals surface area contributed by atoms with Crippen molar-refractivity contribution in [3.63, 3.8) is 0 Å². The minimum atomic E-state index is 0. The van der Waals surface area contributed by atoms with Crippen molar-refractivity contribution in [1.82, 2.24) is 20.3 Å². The summed E-state index contributed by atoms with van der Waals surface area (Å²) in [5, 5.41) is 7.10. The number of nitrogens with one attached hydrogen (secondary N) is 2. The Hall–Kier alpha value is -1.63. The van der Waals surface area contributed by atoms with Crippen molar-refractivity contribution < 1.29 is 0 Å². The molecule has 142 valence electrons. The van der Waals surface area contributed by atoms with Crippen LogP contribution in [0.4, 0.5) is 11.6 Å². The summed E-state index contributed by atoms with van der Waals surface area (Å²) in [5.41, 5.74) is 1.95. The van der Waals surface area contributed by atoms with Gasteiger partial charge in [0, 0.05) is 43.6 Å². The third kappa shape index (κ3) is 4.75. The average molecular weight is 397 g/mol. The van der Waals surface area contributed by atoms with Crippen LogP contribution >= 0.6 is 24.8 Å². The van der Waals surface area contributed by atoms with Crippen molar-refractivity contribution in [2.24, 2.45) is 0 Å². The SMILES string of the molecule is Cl.Cl.c1cc(-c2cnc(N3CCCC3)c(NC3CCCNC3)n2)ccn1. The lowest BCUT2D eigenvalue weighted by Crippen LogP contribution is -2.39. The quantitative estimate of drug-likeness (QED) is 0.827. The lowest BCUT2D eigenvalue weighted by atomic mass is 10.1. The van der Waals surface area contributed by atoms with Crippen molar-refractivity contribution in [3.8, 4) is 11.3 Å². The van der Waals surface area contributed by atoms with Gasteiger partial charge in [0.15, 0.2) is 11.6 Å². The van der Waals surface area contributed by atoms with Crippen LogP contribution in [0.5, 0.6) is 0 Å². The van der Waals surface area contributed by atoms with Crippen LogP contribution in [0, 0.1) is 0 Å². The highest BCUT2D eigenvalue weighted by atomic mass is 35.5. The number of anilines is 2. The summed E-state index contributed by atoms with van der Waals surface area (Å²) in [7, 11) is 0. The van der Waals surface area contributed by atoms with Gasteiger partial charge in [0.05, 0.1) is 11.9 Å². The van der Waals surface area contributed by atoms with Gasteiger partial charge in [-0.1, -0.05) is 0 Å². The molecule has 2 aromatic heterocycles. The molecule has 0 spiro atoms. The van der Waals surface area contributed by atoms with Crippen LogP contribution < -0.4 is 15.5 Å². The average Bonchev–Trinajstić information content (AvgIpc) is 3.18. The van der Waals surface area contributed by atoms with Crippen molar-refractivity contribution in [1.29, 1.82) is 0 Å². The summed E-state index contributed by atoms with van der Waals surface area (Å²) in [6.07, 6.45) is 10.3. The number of hydrogen-bond acceptors (Lipinski definition) is 6. The van der Waals surface area contributed by atoms with Gasteiger partial charge in [0.1, 0.15) is 0 Å². The first-order chi connectivity index (χ1) is 11.9. The molecule has 2 aromatic rings. The highest BCUT2D eigenvalue weighted by Crippen LogP contribution is 2.28. The normalized spacial score (nSPS) is 19.4. The number of rotatable bonds is 4. The third-order valence-electron chi connectivity index (χ3n) is 4.77. The molecule has 4 rings (SSSR count). The number of pyridine rings is 1. The third-order valence-corrected chi connectivity index (χ3v) is 4.77. The zero-order valence-corrected chi connectivity index (χ0v) is 16.4. The summed E-state index contributed by atoms with van der Waals surface area (Å²) >= 11 is 0. The molecule has 4 heterocycles. The van der Waals surface area contributed by atoms with E-state index in [4.69, 9.17) is 9.97 Å². The molecule has 0 amide bonds. The number of piperidine rings is 1. The van der Waals surface area contributed by atoms with Gasteiger partial charge < -0.3 is 15.5 Å². The molecule has 0 aromatic carbocycles. The van der Waals surface area contributed by atoms with E-state index in [1.54, 1.807) is 12.4 Å². The Balaban J connectivity index is 0.00000121. The molecule has 26 heavy (non-hydrogen) atoms. The fourth-order valence-corrected chi connectivity index (χ4v) is 3.47. The zero-order valence-electron chi connectivity index (χ0n) is 14.7. The molecule has 1 unspecified atom stereocenters. The number of hydrogen-bond donors (Lipinski definition) is 2.